The standard InChI is InChI=1S/C17H19FN4O3/c1-11-5-14(18)7-15(16(11)22(24)25)17(23)21-4-3-12(10-21)6-13-8-19-20(2)9-13/h5,7-9,12H,3-4,6,10H2,1-2H3/t12-/m1/s1. The lowest BCUT2D eigenvalue weighted by atomic mass is 10.0. The van der Waals surface area contributed by atoms with Gasteiger partial charge in [-0.3, -0.25) is 19.6 Å². The first-order chi connectivity index (χ1) is 11.8. The zero-order chi connectivity index (χ0) is 18.1. The van der Waals surface area contributed by atoms with Crippen LogP contribution in [-0.4, -0.2) is 38.6 Å². The number of carbonyl (C=O) groups excluding carboxylic acids is 1. The molecule has 1 aromatic carbocycles. The molecule has 132 valence electrons. The third-order valence-corrected chi connectivity index (χ3v) is 4.53. The molecule has 2 heterocycles. The lowest BCUT2D eigenvalue weighted by molar-refractivity contribution is -0.385. The van der Waals surface area contributed by atoms with Gasteiger partial charge in [0.25, 0.3) is 11.6 Å². The van der Waals surface area contributed by atoms with Crippen LogP contribution in [0.3, 0.4) is 0 Å². The minimum atomic E-state index is -0.641. The fourth-order valence-electron chi connectivity index (χ4n) is 3.41. The van der Waals surface area contributed by atoms with Crippen molar-refractivity contribution in [3.63, 3.8) is 0 Å². The van der Waals surface area contributed by atoms with Gasteiger partial charge in [-0.15, -0.1) is 0 Å². The van der Waals surface area contributed by atoms with Gasteiger partial charge in [0.1, 0.15) is 11.4 Å². The normalized spacial score (nSPS) is 17.1. The number of nitro groups is 1. The molecule has 7 nitrogen and oxygen atoms in total. The predicted octanol–water partition coefficient (Wildman–Crippen LogP) is 2.48. The summed E-state index contributed by atoms with van der Waals surface area (Å²) in [4.78, 5) is 25.0. The van der Waals surface area contributed by atoms with Gasteiger partial charge in [0, 0.05) is 31.9 Å². The van der Waals surface area contributed by atoms with Crippen molar-refractivity contribution in [1.29, 1.82) is 0 Å². The fourth-order valence-corrected chi connectivity index (χ4v) is 3.41. The summed E-state index contributed by atoms with van der Waals surface area (Å²) in [5, 5.41) is 15.4. The lowest BCUT2D eigenvalue weighted by Gasteiger charge is -2.17. The van der Waals surface area contributed by atoms with E-state index >= 15 is 0 Å². The summed E-state index contributed by atoms with van der Waals surface area (Å²) in [6, 6.07) is 2.03. The smallest absolute Gasteiger partial charge is 0.285 e. The second-order valence-electron chi connectivity index (χ2n) is 6.51. The van der Waals surface area contributed by atoms with Gasteiger partial charge in [0.05, 0.1) is 11.1 Å². The molecule has 3 rings (SSSR count). The molecule has 0 saturated carbocycles. The van der Waals surface area contributed by atoms with Crippen LogP contribution in [0, 0.1) is 28.8 Å². The van der Waals surface area contributed by atoms with E-state index in [1.54, 1.807) is 15.8 Å². The van der Waals surface area contributed by atoms with Crippen LogP contribution in [0.25, 0.3) is 0 Å². The monoisotopic (exact) mass is 346 g/mol. The number of rotatable bonds is 4. The Labute approximate surface area is 144 Å². The zero-order valence-corrected chi connectivity index (χ0v) is 14.1. The molecule has 0 aliphatic carbocycles. The molecule has 1 aliphatic heterocycles. The van der Waals surface area contributed by atoms with Crippen LogP contribution < -0.4 is 0 Å². The van der Waals surface area contributed by atoms with Crippen molar-refractivity contribution in [2.75, 3.05) is 13.1 Å². The number of nitro benzene ring substituents is 1. The lowest BCUT2D eigenvalue weighted by Crippen LogP contribution is -2.29. The number of amides is 1. The van der Waals surface area contributed by atoms with Crippen LogP contribution in [-0.2, 0) is 13.5 Å². The van der Waals surface area contributed by atoms with E-state index in [4.69, 9.17) is 0 Å². The average molecular weight is 346 g/mol. The maximum Gasteiger partial charge on any atom is 0.285 e. The van der Waals surface area contributed by atoms with Crippen molar-refractivity contribution in [2.45, 2.75) is 19.8 Å². The SMILES string of the molecule is Cc1cc(F)cc(C(=O)N2CC[C@H](Cc3cnn(C)c3)C2)c1[N+](=O)[O-]. The number of aryl methyl sites for hydroxylation is 2. The van der Waals surface area contributed by atoms with Crippen molar-refractivity contribution < 1.29 is 14.1 Å². The van der Waals surface area contributed by atoms with Crippen molar-refractivity contribution in [3.8, 4) is 0 Å². The van der Waals surface area contributed by atoms with Gasteiger partial charge in [-0.2, -0.15) is 5.10 Å². The van der Waals surface area contributed by atoms with E-state index in [-0.39, 0.29) is 22.7 Å². The predicted molar refractivity (Wildman–Crippen MR) is 88.7 cm³/mol. The van der Waals surface area contributed by atoms with Crippen LogP contribution in [0.2, 0.25) is 0 Å². The van der Waals surface area contributed by atoms with Crippen LogP contribution in [0.4, 0.5) is 10.1 Å². The molecule has 0 spiro atoms. The number of hydrogen-bond donors (Lipinski definition) is 0. The first kappa shape index (κ1) is 17.1. The third kappa shape index (κ3) is 3.52. The molecular weight excluding hydrogens is 327 g/mol. The number of hydrogen-bond acceptors (Lipinski definition) is 4. The summed E-state index contributed by atoms with van der Waals surface area (Å²) in [7, 11) is 1.85. The van der Waals surface area contributed by atoms with Gasteiger partial charge in [-0.1, -0.05) is 0 Å². The van der Waals surface area contributed by atoms with E-state index in [1.807, 2.05) is 13.2 Å². The van der Waals surface area contributed by atoms with Gasteiger partial charge >= 0.3 is 0 Å². The number of halogens is 1. The molecule has 2 aromatic rings. The molecule has 1 aliphatic rings. The second-order valence-corrected chi connectivity index (χ2v) is 6.51. The summed E-state index contributed by atoms with van der Waals surface area (Å²) in [6.45, 7) is 2.45. The molecule has 1 fully saturated rings. The second kappa shape index (κ2) is 6.62. The maximum absolute atomic E-state index is 13.7. The molecule has 8 heteroatoms. The minimum Gasteiger partial charge on any atom is -0.338 e. The van der Waals surface area contributed by atoms with E-state index in [2.05, 4.69) is 5.10 Å². The van der Waals surface area contributed by atoms with Crippen LogP contribution in [0.1, 0.15) is 27.9 Å². The van der Waals surface area contributed by atoms with Crippen molar-refractivity contribution >= 4 is 11.6 Å². The van der Waals surface area contributed by atoms with Crippen molar-refractivity contribution in [3.05, 3.63) is 57.1 Å². The third-order valence-electron chi connectivity index (χ3n) is 4.53. The number of aromatic nitrogens is 2. The first-order valence-corrected chi connectivity index (χ1v) is 8.06. The molecule has 1 aromatic heterocycles. The van der Waals surface area contributed by atoms with E-state index in [0.29, 0.717) is 13.1 Å². The summed E-state index contributed by atoms with van der Waals surface area (Å²) in [6.07, 6.45) is 5.33. The maximum atomic E-state index is 13.7. The molecule has 1 amide bonds. The Bertz CT molecular complexity index is 833. The highest BCUT2D eigenvalue weighted by Crippen LogP contribution is 2.29. The first-order valence-electron chi connectivity index (χ1n) is 8.06. The Balaban J connectivity index is 1.77. The van der Waals surface area contributed by atoms with E-state index < -0.39 is 16.6 Å². The Morgan fingerprint density at radius 1 is 1.48 bits per heavy atom. The molecule has 1 saturated heterocycles. The zero-order valence-electron chi connectivity index (χ0n) is 14.1. The van der Waals surface area contributed by atoms with Gasteiger partial charge < -0.3 is 4.90 Å². The van der Waals surface area contributed by atoms with Crippen molar-refractivity contribution in [1.82, 2.24) is 14.7 Å². The molecule has 1 atom stereocenters. The van der Waals surface area contributed by atoms with E-state index in [0.717, 1.165) is 30.5 Å². The van der Waals surface area contributed by atoms with Crippen LogP contribution in [0.15, 0.2) is 24.5 Å². The Morgan fingerprint density at radius 2 is 2.24 bits per heavy atom. The topological polar surface area (TPSA) is 81.3 Å². The largest absolute Gasteiger partial charge is 0.338 e. The quantitative estimate of drug-likeness (QED) is 0.629. The van der Waals surface area contributed by atoms with Gasteiger partial charge in [-0.05, 0) is 43.4 Å². The molecule has 0 bridgehead atoms. The van der Waals surface area contributed by atoms with E-state index in [9.17, 15) is 19.3 Å². The minimum absolute atomic E-state index is 0.152. The fraction of sp³-hybridized carbons (Fsp3) is 0.412. The molecule has 0 unspecified atom stereocenters. The van der Waals surface area contributed by atoms with Gasteiger partial charge in [0.15, 0.2) is 0 Å². The molecular formula is C17H19FN4O3. The molecule has 0 N–H and O–H groups in total. The van der Waals surface area contributed by atoms with Gasteiger partial charge in [0.2, 0.25) is 0 Å². The summed E-state index contributed by atoms with van der Waals surface area (Å²) < 4.78 is 15.4. The van der Waals surface area contributed by atoms with Crippen LogP contribution >= 0.6 is 0 Å². The van der Waals surface area contributed by atoms with Gasteiger partial charge in [-0.25, -0.2) is 4.39 Å². The molecule has 25 heavy (non-hydrogen) atoms. The Kier molecular flexibility index (Phi) is 4.52. The Hall–Kier alpha value is -2.77. The molecule has 0 radical (unpaired) electrons. The highest BCUT2D eigenvalue weighted by Gasteiger charge is 2.32. The van der Waals surface area contributed by atoms with Crippen molar-refractivity contribution in [2.24, 2.45) is 13.0 Å². The Morgan fingerprint density at radius 3 is 2.88 bits per heavy atom. The van der Waals surface area contributed by atoms with E-state index in [1.165, 1.54) is 6.92 Å². The number of nitrogens with zero attached hydrogens (tertiary/aromatic N) is 4. The number of likely N-dealkylation sites (tertiary alicyclic amines) is 1. The highest BCUT2D eigenvalue weighted by atomic mass is 19.1. The summed E-state index contributed by atoms with van der Waals surface area (Å²) >= 11 is 0. The average Bonchev–Trinajstić information content (AvgIpc) is 3.15. The number of carbonyl (C=O) groups is 1. The summed E-state index contributed by atoms with van der Waals surface area (Å²) in [5.41, 5.74) is 0.750. The van der Waals surface area contributed by atoms with Crippen LogP contribution in [0.5, 0.6) is 0 Å². The number of benzene rings is 1. The summed E-state index contributed by atoms with van der Waals surface area (Å²) in [5.74, 6) is -0.859. The highest BCUT2D eigenvalue weighted by molar-refractivity contribution is 5.98.